The van der Waals surface area contributed by atoms with Crippen LogP contribution in [0.5, 0.6) is 0 Å². The molecule has 23 heavy (non-hydrogen) atoms. The first kappa shape index (κ1) is 49.6. The van der Waals surface area contributed by atoms with Gasteiger partial charge in [0, 0.05) is 57.9 Å². The van der Waals surface area contributed by atoms with Crippen LogP contribution in [0.2, 0.25) is 0 Å². The maximum Gasteiger partial charge on any atom is 0.300 e. The first-order valence-electron chi connectivity index (χ1n) is 5.03. The molecule has 0 atom stereocenters. The third-order valence-electron chi connectivity index (χ3n) is 0.167. The smallest absolute Gasteiger partial charge is 0.300 e. The number of carboxylic acids is 4. The van der Waals surface area contributed by atoms with E-state index in [9.17, 15) is 0 Å². The largest absolute Gasteiger partial charge is 0.481 e. The van der Waals surface area contributed by atoms with Gasteiger partial charge in [0.05, 0.1) is 0 Å². The number of rotatable bonds is 1. The van der Waals surface area contributed by atoms with Crippen molar-refractivity contribution in [3.63, 3.8) is 0 Å². The molecule has 0 aromatic heterocycles. The van der Waals surface area contributed by atoms with Crippen molar-refractivity contribution in [3.05, 3.63) is 0 Å². The molecule has 0 saturated heterocycles. The Morgan fingerprint density at radius 1 is 0.609 bits per heavy atom. The molecule has 0 rings (SSSR count). The van der Waals surface area contributed by atoms with E-state index < -0.39 is 23.9 Å². The number of carbonyl (C=O) groups is 4. The van der Waals surface area contributed by atoms with Crippen molar-refractivity contribution in [1.29, 1.82) is 0 Å². The molecule has 0 aliphatic rings. The van der Waals surface area contributed by atoms with Gasteiger partial charge in [-0.2, -0.15) is 0 Å². The molecular formula is C10H30FeN4O8. The second-order valence-corrected chi connectivity index (χ2v) is 2.65. The zero-order chi connectivity index (χ0) is 17.7. The SMILES string of the molecule is CC(=O)O.CC(=O)O.CC(=O)O.CC(=O)O.N.N.NCCN.[Fe]. The topological polar surface area (TPSA) is 271 Å². The van der Waals surface area contributed by atoms with Crippen molar-refractivity contribution in [3.8, 4) is 0 Å². The number of aliphatic carboxylic acids is 4. The minimum absolute atomic E-state index is 0. The summed E-state index contributed by atoms with van der Waals surface area (Å²) in [6.07, 6.45) is 0. The molecule has 0 bridgehead atoms. The fraction of sp³-hybridized carbons (Fsp3) is 0.600. The zero-order valence-electron chi connectivity index (χ0n) is 13.8. The van der Waals surface area contributed by atoms with Gasteiger partial charge in [-0.05, 0) is 0 Å². The van der Waals surface area contributed by atoms with Gasteiger partial charge in [-0.25, -0.2) is 0 Å². The van der Waals surface area contributed by atoms with E-state index in [2.05, 4.69) is 0 Å². The summed E-state index contributed by atoms with van der Waals surface area (Å²) >= 11 is 0. The van der Waals surface area contributed by atoms with Gasteiger partial charge >= 0.3 is 0 Å². The van der Waals surface area contributed by atoms with Gasteiger partial charge in [-0.3, -0.25) is 19.2 Å². The molecule has 0 fully saturated rings. The standard InChI is InChI=1S/C2H8N2.4C2H4O2.Fe.2H3N/c3-1-2-4;4*1-2(3)4;;;/h1-4H2;4*1H3,(H,3,4);;2*1H3. The first-order valence-corrected chi connectivity index (χ1v) is 5.03. The molecule has 0 aromatic rings. The Hall–Kier alpha value is -1.76. The average Bonchev–Trinajstić information content (AvgIpc) is 2.13. The van der Waals surface area contributed by atoms with Crippen molar-refractivity contribution in [2.75, 3.05) is 13.1 Å². The fourth-order valence-corrected chi connectivity index (χ4v) is 0. The van der Waals surface area contributed by atoms with Crippen LogP contribution in [0.4, 0.5) is 0 Å². The van der Waals surface area contributed by atoms with E-state index in [1.54, 1.807) is 0 Å². The van der Waals surface area contributed by atoms with Gasteiger partial charge in [0.2, 0.25) is 0 Å². The van der Waals surface area contributed by atoms with Crippen molar-refractivity contribution < 1.29 is 56.7 Å². The Morgan fingerprint density at radius 2 is 0.652 bits per heavy atom. The normalized spacial score (nSPS) is 5.65. The number of hydrogen-bond acceptors (Lipinski definition) is 8. The number of carboxylic acid groups (broad SMARTS) is 4. The molecule has 13 heteroatoms. The third kappa shape index (κ3) is 11600. The molecule has 146 valence electrons. The van der Waals surface area contributed by atoms with Crippen LogP contribution in [-0.4, -0.2) is 57.4 Å². The molecular weight excluding hydrogens is 360 g/mol. The molecule has 12 nitrogen and oxygen atoms in total. The summed E-state index contributed by atoms with van der Waals surface area (Å²) in [7, 11) is 0. The maximum atomic E-state index is 9.00. The summed E-state index contributed by atoms with van der Waals surface area (Å²) in [5.74, 6) is -3.33. The molecule has 0 heterocycles. The monoisotopic (exact) mass is 390 g/mol. The van der Waals surface area contributed by atoms with Crippen molar-refractivity contribution in [2.45, 2.75) is 27.7 Å². The first-order chi connectivity index (χ1) is 8.84. The van der Waals surface area contributed by atoms with Crippen molar-refractivity contribution >= 4 is 23.9 Å². The van der Waals surface area contributed by atoms with Crippen LogP contribution in [0.25, 0.3) is 0 Å². The molecule has 14 N–H and O–H groups in total. The van der Waals surface area contributed by atoms with E-state index in [0.29, 0.717) is 13.1 Å². The summed E-state index contributed by atoms with van der Waals surface area (Å²) in [6, 6.07) is 0. The second-order valence-electron chi connectivity index (χ2n) is 2.65. The Kier molecular flexibility index (Phi) is 108. The molecule has 0 spiro atoms. The van der Waals surface area contributed by atoms with Crippen LogP contribution in [0.1, 0.15) is 27.7 Å². The molecule has 0 amide bonds. The molecule has 0 saturated carbocycles. The van der Waals surface area contributed by atoms with Crippen LogP contribution in [-0.2, 0) is 36.2 Å². The second kappa shape index (κ2) is 50.0. The summed E-state index contributed by atoms with van der Waals surface area (Å²) in [5.41, 5.74) is 9.81. The zero-order valence-corrected chi connectivity index (χ0v) is 14.9. The van der Waals surface area contributed by atoms with E-state index in [4.69, 9.17) is 51.1 Å². The number of nitrogens with two attached hydrogens (primary N) is 2. The average molecular weight is 390 g/mol. The van der Waals surface area contributed by atoms with Gasteiger partial charge in [-0.15, -0.1) is 0 Å². The molecule has 0 aliphatic carbocycles. The van der Waals surface area contributed by atoms with Gasteiger partial charge in [0.1, 0.15) is 0 Å². The van der Waals surface area contributed by atoms with Crippen LogP contribution in [0, 0.1) is 0 Å². The van der Waals surface area contributed by atoms with Crippen LogP contribution >= 0.6 is 0 Å². The van der Waals surface area contributed by atoms with Gasteiger partial charge in [0.15, 0.2) is 0 Å². The summed E-state index contributed by atoms with van der Waals surface area (Å²) in [6.45, 7) is 5.53. The molecule has 0 aliphatic heterocycles. The minimum Gasteiger partial charge on any atom is -0.481 e. The predicted octanol–water partition coefficient (Wildman–Crippen LogP) is -0.411. The van der Waals surface area contributed by atoms with E-state index in [1.807, 2.05) is 0 Å². The van der Waals surface area contributed by atoms with Crippen LogP contribution in [0.3, 0.4) is 0 Å². The molecule has 0 aromatic carbocycles. The fourth-order valence-electron chi connectivity index (χ4n) is 0. The van der Waals surface area contributed by atoms with Gasteiger partial charge in [0.25, 0.3) is 23.9 Å². The Morgan fingerprint density at radius 3 is 0.652 bits per heavy atom. The Bertz CT molecular complexity index is 201. The maximum absolute atomic E-state index is 9.00. The predicted molar refractivity (Wildman–Crippen MR) is 81.4 cm³/mol. The quantitative estimate of drug-likeness (QED) is 0.265. The minimum atomic E-state index is -0.833. The van der Waals surface area contributed by atoms with E-state index in [-0.39, 0.29) is 29.4 Å². The van der Waals surface area contributed by atoms with Gasteiger partial charge in [-0.1, -0.05) is 0 Å². The van der Waals surface area contributed by atoms with Crippen LogP contribution in [0.15, 0.2) is 0 Å². The van der Waals surface area contributed by atoms with Crippen LogP contribution < -0.4 is 23.8 Å². The number of hydrogen-bond donors (Lipinski definition) is 8. The summed E-state index contributed by atoms with van der Waals surface area (Å²) in [5, 5.41) is 29.7. The van der Waals surface area contributed by atoms with Crippen molar-refractivity contribution in [2.24, 2.45) is 11.5 Å². The molecule has 0 radical (unpaired) electrons. The summed E-state index contributed by atoms with van der Waals surface area (Å²) < 4.78 is 0. The van der Waals surface area contributed by atoms with E-state index in [0.717, 1.165) is 27.7 Å². The molecule has 0 unspecified atom stereocenters. The van der Waals surface area contributed by atoms with E-state index >= 15 is 0 Å². The van der Waals surface area contributed by atoms with E-state index in [1.165, 1.54) is 0 Å². The Labute approximate surface area is 145 Å². The van der Waals surface area contributed by atoms with Gasteiger partial charge < -0.3 is 44.2 Å². The third-order valence-corrected chi connectivity index (χ3v) is 0.167. The Balaban J connectivity index is -0.0000000197. The summed E-state index contributed by atoms with van der Waals surface area (Å²) in [4.78, 5) is 36.0. The van der Waals surface area contributed by atoms with Crippen molar-refractivity contribution in [1.82, 2.24) is 12.3 Å².